The van der Waals surface area contributed by atoms with Crippen molar-refractivity contribution < 1.29 is 14.4 Å². The van der Waals surface area contributed by atoms with Crippen LogP contribution in [0.5, 0.6) is 0 Å². The molecule has 0 saturated carbocycles. The van der Waals surface area contributed by atoms with Crippen LogP contribution in [0.4, 0.5) is 11.6 Å². The monoisotopic (exact) mass is 477 g/mol. The minimum atomic E-state index is -0.731. The molecule has 1 aromatic heterocycles. The number of aromatic nitrogens is 2. The van der Waals surface area contributed by atoms with Crippen molar-refractivity contribution in [3.8, 4) is 0 Å². The molecule has 1 atom stereocenters. The zero-order valence-corrected chi connectivity index (χ0v) is 20.0. The van der Waals surface area contributed by atoms with Crippen LogP contribution in [0.3, 0.4) is 0 Å². The number of benzene rings is 1. The van der Waals surface area contributed by atoms with Crippen molar-refractivity contribution in [2.75, 3.05) is 55.6 Å². The predicted octanol–water partition coefficient (Wildman–Crippen LogP) is 1.10. The molecule has 0 aliphatic carbocycles. The number of nitrogens with zero attached hydrogens (tertiary/aromatic N) is 6. The number of anilines is 2. The lowest BCUT2D eigenvalue weighted by Crippen LogP contribution is -2.62. The summed E-state index contributed by atoms with van der Waals surface area (Å²) in [5.74, 6) is 0.557. The fraction of sp³-hybridized carbons (Fsp3) is 0.480. The van der Waals surface area contributed by atoms with Gasteiger partial charge < -0.3 is 15.1 Å². The minimum Gasteiger partial charge on any atom is -0.355 e. The Bertz CT molecular complexity index is 1100. The summed E-state index contributed by atoms with van der Waals surface area (Å²) in [6, 6.07) is 9.03. The topological polar surface area (TPSA) is 102 Å². The van der Waals surface area contributed by atoms with Crippen LogP contribution >= 0.6 is 0 Å². The maximum atomic E-state index is 13.3. The number of nitrogens with one attached hydrogen (secondary N) is 1. The Morgan fingerprint density at radius 3 is 2.54 bits per heavy atom. The van der Waals surface area contributed by atoms with Gasteiger partial charge in [-0.1, -0.05) is 12.1 Å². The number of rotatable bonds is 7. The summed E-state index contributed by atoms with van der Waals surface area (Å²) >= 11 is 0. The maximum absolute atomic E-state index is 13.3. The second-order valence-corrected chi connectivity index (χ2v) is 9.40. The lowest BCUT2D eigenvalue weighted by Gasteiger charge is -2.48. The summed E-state index contributed by atoms with van der Waals surface area (Å²) in [5, 5.41) is 2.99. The molecule has 3 aliphatic rings. The smallest absolute Gasteiger partial charge is 0.257 e. The van der Waals surface area contributed by atoms with Gasteiger partial charge in [0, 0.05) is 71.0 Å². The lowest BCUT2D eigenvalue weighted by atomic mass is 9.98. The van der Waals surface area contributed by atoms with E-state index in [9.17, 15) is 14.4 Å². The molecule has 35 heavy (non-hydrogen) atoms. The fourth-order valence-corrected chi connectivity index (χ4v) is 5.32. The van der Waals surface area contributed by atoms with Crippen molar-refractivity contribution in [2.45, 2.75) is 31.8 Å². The van der Waals surface area contributed by atoms with E-state index in [1.54, 1.807) is 34.3 Å². The van der Waals surface area contributed by atoms with Crippen LogP contribution in [0, 0.1) is 0 Å². The number of para-hydroxylation sites is 1. The van der Waals surface area contributed by atoms with Crippen LogP contribution in [0.15, 0.2) is 42.7 Å². The third-order valence-corrected chi connectivity index (χ3v) is 7.27. The average molecular weight is 478 g/mol. The Balaban J connectivity index is 1.11. The molecule has 10 heteroatoms. The highest BCUT2D eigenvalue weighted by atomic mass is 16.2. The van der Waals surface area contributed by atoms with Gasteiger partial charge in [0.1, 0.15) is 5.66 Å². The molecule has 0 bridgehead atoms. The molecule has 1 N–H and O–H groups in total. The first-order chi connectivity index (χ1) is 17.0. The van der Waals surface area contributed by atoms with Gasteiger partial charge in [-0.3, -0.25) is 24.2 Å². The normalized spacial score (nSPS) is 22.3. The van der Waals surface area contributed by atoms with Gasteiger partial charge in [-0.2, -0.15) is 0 Å². The number of piperazine rings is 1. The van der Waals surface area contributed by atoms with Gasteiger partial charge >= 0.3 is 0 Å². The minimum absolute atomic E-state index is 0.0147. The number of hydrogen-bond acceptors (Lipinski definition) is 7. The zero-order chi connectivity index (χ0) is 24.4. The fourth-order valence-electron chi connectivity index (χ4n) is 5.32. The lowest BCUT2D eigenvalue weighted by molar-refractivity contribution is -0.121. The van der Waals surface area contributed by atoms with Gasteiger partial charge in [-0.25, -0.2) is 9.97 Å². The first kappa shape index (κ1) is 23.2. The maximum Gasteiger partial charge on any atom is 0.257 e. The van der Waals surface area contributed by atoms with Crippen molar-refractivity contribution >= 4 is 29.4 Å². The van der Waals surface area contributed by atoms with Crippen LogP contribution in [-0.2, 0) is 9.59 Å². The van der Waals surface area contributed by atoms with Crippen molar-refractivity contribution in [1.82, 2.24) is 25.1 Å². The summed E-state index contributed by atoms with van der Waals surface area (Å²) < 4.78 is 0. The molecule has 3 amide bonds. The van der Waals surface area contributed by atoms with Gasteiger partial charge in [-0.05, 0) is 31.5 Å². The molecule has 0 radical (unpaired) electrons. The van der Waals surface area contributed by atoms with Gasteiger partial charge in [0.2, 0.25) is 17.8 Å². The van der Waals surface area contributed by atoms with E-state index >= 15 is 0 Å². The van der Waals surface area contributed by atoms with Gasteiger partial charge in [-0.15, -0.1) is 0 Å². The van der Waals surface area contributed by atoms with E-state index in [0.717, 1.165) is 38.7 Å². The van der Waals surface area contributed by atoms with E-state index in [4.69, 9.17) is 0 Å². The Labute approximate surface area is 204 Å². The highest BCUT2D eigenvalue weighted by Crippen LogP contribution is 2.43. The van der Waals surface area contributed by atoms with E-state index in [1.165, 1.54) is 0 Å². The molecule has 2 aromatic rings. The summed E-state index contributed by atoms with van der Waals surface area (Å²) in [5.41, 5.74) is 0.452. The van der Waals surface area contributed by atoms with E-state index in [2.05, 4.69) is 25.1 Å². The largest absolute Gasteiger partial charge is 0.355 e. The number of amides is 3. The third-order valence-electron chi connectivity index (χ3n) is 7.27. The first-order valence-electron chi connectivity index (χ1n) is 12.2. The molecule has 4 heterocycles. The molecule has 184 valence electrons. The molecule has 1 unspecified atom stereocenters. The van der Waals surface area contributed by atoms with Crippen LogP contribution < -0.4 is 15.1 Å². The zero-order valence-electron chi connectivity index (χ0n) is 20.0. The molecule has 1 aromatic carbocycles. The summed E-state index contributed by atoms with van der Waals surface area (Å²) in [6.45, 7) is 6.99. The standard InChI is InChI=1S/C25H31N7O3/c1-25-9-7-22(34)32(25)20-6-3-2-5-19(20)23(35)31(25)13-8-21(33)26-12-14-29-15-17-30(18-16-29)24-27-10-4-11-28-24/h2-6,10-11H,7-9,12-18H2,1H3,(H,26,33). The quantitative estimate of drug-likeness (QED) is 0.637. The van der Waals surface area contributed by atoms with Crippen molar-refractivity contribution in [2.24, 2.45) is 0 Å². The van der Waals surface area contributed by atoms with Crippen molar-refractivity contribution in [3.63, 3.8) is 0 Å². The molecule has 3 aliphatic heterocycles. The SMILES string of the molecule is CC12CCC(=O)N1c1ccccc1C(=O)N2CCC(=O)NCCN1CCN(c2ncccn2)CC1. The Kier molecular flexibility index (Phi) is 6.38. The molecular weight excluding hydrogens is 446 g/mol. The van der Waals surface area contributed by atoms with Gasteiger partial charge in [0.25, 0.3) is 5.91 Å². The molecule has 2 fully saturated rings. The molecule has 0 spiro atoms. The van der Waals surface area contributed by atoms with Crippen molar-refractivity contribution in [3.05, 3.63) is 48.3 Å². The summed E-state index contributed by atoms with van der Waals surface area (Å²) in [6.07, 6.45) is 4.66. The van der Waals surface area contributed by atoms with Gasteiger partial charge in [0.15, 0.2) is 0 Å². The van der Waals surface area contributed by atoms with Crippen molar-refractivity contribution in [1.29, 1.82) is 0 Å². The number of carbonyl (C=O) groups excluding carboxylic acids is 3. The number of fused-ring (bicyclic) bond motifs is 3. The second-order valence-electron chi connectivity index (χ2n) is 9.40. The Morgan fingerprint density at radius 1 is 1.03 bits per heavy atom. The first-order valence-corrected chi connectivity index (χ1v) is 12.2. The van der Waals surface area contributed by atoms with E-state index in [-0.39, 0.29) is 30.7 Å². The third kappa shape index (κ3) is 4.45. The molecule has 10 nitrogen and oxygen atoms in total. The van der Waals surface area contributed by atoms with Crippen LogP contribution in [0.1, 0.15) is 36.5 Å². The molecular formula is C25H31N7O3. The predicted molar refractivity (Wildman–Crippen MR) is 131 cm³/mol. The molecule has 5 rings (SSSR count). The molecule has 2 saturated heterocycles. The van der Waals surface area contributed by atoms with E-state index in [0.29, 0.717) is 30.6 Å². The second kappa shape index (κ2) is 9.61. The Hall–Kier alpha value is -3.53. The highest BCUT2D eigenvalue weighted by Gasteiger charge is 2.52. The van der Waals surface area contributed by atoms with Crippen LogP contribution in [0.25, 0.3) is 0 Å². The van der Waals surface area contributed by atoms with Crippen LogP contribution in [0.2, 0.25) is 0 Å². The number of hydrogen-bond donors (Lipinski definition) is 1. The Morgan fingerprint density at radius 2 is 1.77 bits per heavy atom. The van der Waals surface area contributed by atoms with Gasteiger partial charge in [0.05, 0.1) is 11.3 Å². The summed E-state index contributed by atoms with van der Waals surface area (Å²) in [7, 11) is 0. The van der Waals surface area contributed by atoms with E-state index in [1.807, 2.05) is 25.1 Å². The number of carbonyl (C=O) groups is 3. The van der Waals surface area contributed by atoms with Crippen LogP contribution in [-0.4, -0.2) is 89.0 Å². The summed E-state index contributed by atoms with van der Waals surface area (Å²) in [4.78, 5) is 55.1. The van der Waals surface area contributed by atoms with E-state index < -0.39 is 5.66 Å². The average Bonchev–Trinajstić information content (AvgIpc) is 3.19. The highest BCUT2D eigenvalue weighted by molar-refractivity contribution is 6.10.